The van der Waals surface area contributed by atoms with Crippen molar-refractivity contribution in [3.05, 3.63) is 34.4 Å². The van der Waals surface area contributed by atoms with E-state index in [4.69, 9.17) is 10.2 Å². The Hall–Kier alpha value is -1.66. The van der Waals surface area contributed by atoms with Crippen LogP contribution in [-0.4, -0.2) is 21.0 Å². The van der Waals surface area contributed by atoms with Crippen molar-refractivity contribution < 1.29 is 15.1 Å². The number of rotatable bonds is 3. The highest BCUT2D eigenvalue weighted by Gasteiger charge is 2.15. The van der Waals surface area contributed by atoms with E-state index in [1.807, 2.05) is 0 Å². The summed E-state index contributed by atoms with van der Waals surface area (Å²) in [6.45, 7) is 1.12. The van der Waals surface area contributed by atoms with E-state index in [-0.39, 0.29) is 11.4 Å². The molecule has 0 atom stereocenters. The molecule has 0 aliphatic rings. The summed E-state index contributed by atoms with van der Waals surface area (Å²) in [5.41, 5.74) is 0.158. The van der Waals surface area contributed by atoms with Crippen molar-refractivity contribution in [1.82, 2.24) is 0 Å². The van der Waals surface area contributed by atoms with Crippen LogP contribution in [0.25, 0.3) is 0 Å². The van der Waals surface area contributed by atoms with Crippen molar-refractivity contribution in [2.45, 2.75) is 12.8 Å². The van der Waals surface area contributed by atoms with Crippen LogP contribution < -0.4 is 5.32 Å². The molecule has 0 aliphatic carbocycles. The third-order valence-electron chi connectivity index (χ3n) is 1.44. The first-order valence-electron chi connectivity index (χ1n) is 3.86. The molecule has 0 radical (unpaired) electrons. The van der Waals surface area contributed by atoms with Crippen molar-refractivity contribution in [2.75, 3.05) is 5.32 Å². The van der Waals surface area contributed by atoms with E-state index in [1.165, 1.54) is 24.3 Å². The Balaban J connectivity index is 2.89. The lowest BCUT2D eigenvalue weighted by Crippen LogP contribution is -2.33. The second kappa shape index (κ2) is 3.60. The quantitative estimate of drug-likeness (QED) is 0.377. The van der Waals surface area contributed by atoms with Gasteiger partial charge >= 0.3 is 0 Å². The van der Waals surface area contributed by atoms with Crippen LogP contribution in [0.4, 0.5) is 11.4 Å². The SMILES string of the molecule is CC(O)(O)Nc1cccc([N+](=O)[O-])c1. The number of aliphatic hydroxyl groups is 2. The molecule has 0 saturated carbocycles. The molecule has 6 heteroatoms. The van der Waals surface area contributed by atoms with Crippen molar-refractivity contribution in [3.63, 3.8) is 0 Å². The second-order valence-electron chi connectivity index (χ2n) is 2.95. The minimum Gasteiger partial charge on any atom is -0.349 e. The van der Waals surface area contributed by atoms with Crippen LogP contribution in [0.3, 0.4) is 0 Å². The number of anilines is 1. The van der Waals surface area contributed by atoms with E-state index in [2.05, 4.69) is 5.32 Å². The van der Waals surface area contributed by atoms with Crippen LogP contribution in [0.2, 0.25) is 0 Å². The van der Waals surface area contributed by atoms with Gasteiger partial charge in [0.1, 0.15) is 0 Å². The molecule has 0 aromatic heterocycles. The molecule has 76 valence electrons. The van der Waals surface area contributed by atoms with Gasteiger partial charge < -0.3 is 15.5 Å². The largest absolute Gasteiger partial charge is 0.349 e. The summed E-state index contributed by atoms with van der Waals surface area (Å²) in [5.74, 6) is -2.09. The Labute approximate surface area is 80.0 Å². The van der Waals surface area contributed by atoms with Crippen LogP contribution in [0.1, 0.15) is 6.92 Å². The third-order valence-corrected chi connectivity index (χ3v) is 1.44. The van der Waals surface area contributed by atoms with Gasteiger partial charge in [0.25, 0.3) is 5.69 Å². The lowest BCUT2D eigenvalue weighted by molar-refractivity contribution is -0.384. The number of nitro benzene ring substituents is 1. The van der Waals surface area contributed by atoms with Gasteiger partial charge in [-0.05, 0) is 6.07 Å². The molecule has 0 aliphatic heterocycles. The average Bonchev–Trinajstić information content (AvgIpc) is 2.01. The first-order chi connectivity index (χ1) is 6.38. The number of nitrogens with zero attached hydrogens (tertiary/aromatic N) is 1. The van der Waals surface area contributed by atoms with Crippen LogP contribution >= 0.6 is 0 Å². The lowest BCUT2D eigenvalue weighted by Gasteiger charge is -2.18. The summed E-state index contributed by atoms with van der Waals surface area (Å²) >= 11 is 0. The van der Waals surface area contributed by atoms with Crippen LogP contribution in [0.15, 0.2) is 24.3 Å². The summed E-state index contributed by atoms with van der Waals surface area (Å²) in [7, 11) is 0. The Morgan fingerprint density at radius 2 is 2.14 bits per heavy atom. The zero-order chi connectivity index (χ0) is 10.8. The predicted octanol–water partition coefficient (Wildman–Crippen LogP) is 0.665. The molecular formula is C8H10N2O4. The number of non-ortho nitro benzene ring substituents is 1. The summed E-state index contributed by atoms with van der Waals surface area (Å²) in [6.07, 6.45) is 0. The van der Waals surface area contributed by atoms with E-state index >= 15 is 0 Å². The van der Waals surface area contributed by atoms with Gasteiger partial charge in [0.2, 0.25) is 5.91 Å². The minimum absolute atomic E-state index is 0.112. The van der Waals surface area contributed by atoms with Gasteiger partial charge in [-0.15, -0.1) is 0 Å². The van der Waals surface area contributed by atoms with Crippen molar-refractivity contribution in [3.8, 4) is 0 Å². The fraction of sp³-hybridized carbons (Fsp3) is 0.250. The van der Waals surface area contributed by atoms with Crippen molar-refractivity contribution in [1.29, 1.82) is 0 Å². The van der Waals surface area contributed by atoms with E-state index < -0.39 is 10.8 Å². The maximum absolute atomic E-state index is 10.4. The normalized spacial score (nSPS) is 11.1. The fourth-order valence-electron chi connectivity index (χ4n) is 0.971. The van der Waals surface area contributed by atoms with Gasteiger partial charge in [-0.1, -0.05) is 6.07 Å². The first-order valence-corrected chi connectivity index (χ1v) is 3.86. The van der Waals surface area contributed by atoms with Gasteiger partial charge in [-0.25, -0.2) is 0 Å². The molecule has 0 spiro atoms. The number of hydrogen-bond donors (Lipinski definition) is 3. The van der Waals surface area contributed by atoms with E-state index in [0.717, 1.165) is 6.92 Å². The zero-order valence-corrected chi connectivity index (χ0v) is 7.47. The predicted molar refractivity (Wildman–Crippen MR) is 49.6 cm³/mol. The molecule has 1 rings (SSSR count). The second-order valence-corrected chi connectivity index (χ2v) is 2.95. The standard InChI is InChI=1S/C8H10N2O4/c1-8(11,12)9-6-3-2-4-7(5-6)10(13)14/h2-5,9,11-12H,1H3. The summed E-state index contributed by atoms with van der Waals surface area (Å²) < 4.78 is 0. The zero-order valence-electron chi connectivity index (χ0n) is 7.47. The summed E-state index contributed by atoms with van der Waals surface area (Å²) in [4.78, 5) is 9.81. The molecule has 0 amide bonds. The van der Waals surface area contributed by atoms with Gasteiger partial charge in [-0.3, -0.25) is 10.1 Å². The maximum Gasteiger partial charge on any atom is 0.271 e. The number of hydrogen-bond acceptors (Lipinski definition) is 5. The summed E-state index contributed by atoms with van der Waals surface area (Å²) in [6, 6.07) is 5.48. The summed E-state index contributed by atoms with van der Waals surface area (Å²) in [5, 5.41) is 30.6. The van der Waals surface area contributed by atoms with Gasteiger partial charge in [0.05, 0.1) is 4.92 Å². The number of nitro groups is 1. The molecular weight excluding hydrogens is 188 g/mol. The molecule has 3 N–H and O–H groups in total. The molecule has 1 aromatic rings. The van der Waals surface area contributed by atoms with E-state index in [1.54, 1.807) is 0 Å². The average molecular weight is 198 g/mol. The van der Waals surface area contributed by atoms with E-state index in [0.29, 0.717) is 0 Å². The maximum atomic E-state index is 10.4. The smallest absolute Gasteiger partial charge is 0.271 e. The molecule has 0 heterocycles. The first kappa shape index (κ1) is 10.4. The fourth-order valence-corrected chi connectivity index (χ4v) is 0.971. The van der Waals surface area contributed by atoms with Crippen molar-refractivity contribution >= 4 is 11.4 Å². The highest BCUT2D eigenvalue weighted by atomic mass is 16.6. The Morgan fingerprint density at radius 1 is 1.50 bits per heavy atom. The number of nitrogens with one attached hydrogen (secondary N) is 1. The van der Waals surface area contributed by atoms with Gasteiger partial charge in [-0.2, -0.15) is 0 Å². The Morgan fingerprint density at radius 3 is 2.64 bits per heavy atom. The molecule has 1 aromatic carbocycles. The molecule has 6 nitrogen and oxygen atoms in total. The Kier molecular flexibility index (Phi) is 2.68. The van der Waals surface area contributed by atoms with Crippen LogP contribution in [0.5, 0.6) is 0 Å². The monoisotopic (exact) mass is 198 g/mol. The van der Waals surface area contributed by atoms with Crippen molar-refractivity contribution in [2.24, 2.45) is 0 Å². The third kappa shape index (κ3) is 3.00. The Bertz CT molecular complexity index is 345. The van der Waals surface area contributed by atoms with Gasteiger partial charge in [0.15, 0.2) is 0 Å². The molecule has 0 saturated heterocycles. The minimum atomic E-state index is -2.09. The lowest BCUT2D eigenvalue weighted by atomic mass is 10.3. The van der Waals surface area contributed by atoms with E-state index in [9.17, 15) is 10.1 Å². The molecule has 0 fully saturated rings. The molecule has 0 bridgehead atoms. The van der Waals surface area contributed by atoms with Gasteiger partial charge in [0, 0.05) is 24.7 Å². The highest BCUT2D eigenvalue weighted by molar-refractivity contribution is 5.51. The highest BCUT2D eigenvalue weighted by Crippen LogP contribution is 2.18. The molecule has 14 heavy (non-hydrogen) atoms. The molecule has 0 unspecified atom stereocenters. The topological polar surface area (TPSA) is 95.6 Å². The number of benzene rings is 1. The van der Waals surface area contributed by atoms with Crippen LogP contribution in [0, 0.1) is 10.1 Å². The van der Waals surface area contributed by atoms with Crippen LogP contribution in [-0.2, 0) is 0 Å².